The van der Waals surface area contributed by atoms with Crippen LogP contribution in [0.25, 0.3) is 93.9 Å². The Balaban J connectivity index is 0.861. The molecular weight excluding hydrogens is 797 g/mol. The van der Waals surface area contributed by atoms with Crippen LogP contribution in [0.1, 0.15) is 0 Å². The molecule has 0 saturated heterocycles. The predicted octanol–water partition coefficient (Wildman–Crippen LogP) is 17.7. The third-order valence-corrected chi connectivity index (χ3v) is 13.0. The molecule has 0 N–H and O–H groups in total. The molecule has 0 amide bonds. The highest BCUT2D eigenvalue weighted by molar-refractivity contribution is 6.09. The van der Waals surface area contributed by atoms with Crippen molar-refractivity contribution in [2.45, 2.75) is 0 Å². The van der Waals surface area contributed by atoms with Crippen molar-refractivity contribution in [3.05, 3.63) is 267 Å². The Morgan fingerprint density at radius 1 is 0.242 bits per heavy atom. The Kier molecular flexibility index (Phi) is 9.89. The summed E-state index contributed by atoms with van der Waals surface area (Å²) >= 11 is 0. The van der Waals surface area contributed by atoms with Crippen LogP contribution in [0.4, 0.5) is 17.1 Å². The topological polar surface area (TPSA) is 8.17 Å². The van der Waals surface area contributed by atoms with E-state index in [4.69, 9.17) is 0 Å². The van der Waals surface area contributed by atoms with Gasteiger partial charge in [-0.05, 0) is 115 Å². The standard InChI is InChI=1S/C64H44N2/c1-2-14-45(15-3-1)53-18-12-19-56(44-53)65(54-40-36-48(37-41-54)46-28-32-51(33-29-46)58-24-13-17-50-16-4-5-20-57(50)58)55-42-38-49(39-43-55)47-30-34-52(35-31-47)59-21-6-9-25-62(59)66-63-26-10-7-22-60(63)61-23-8-11-27-64(61)66/h1-44H. The van der Waals surface area contributed by atoms with Crippen LogP contribution in [0.15, 0.2) is 267 Å². The molecule has 310 valence electrons. The average Bonchev–Trinajstić information content (AvgIpc) is 3.74. The molecule has 0 bridgehead atoms. The second kappa shape index (κ2) is 16.8. The fourth-order valence-electron chi connectivity index (χ4n) is 9.76. The van der Waals surface area contributed by atoms with Crippen LogP contribution >= 0.6 is 0 Å². The van der Waals surface area contributed by atoms with Crippen molar-refractivity contribution in [3.63, 3.8) is 0 Å². The minimum atomic E-state index is 1.09. The Morgan fingerprint density at radius 3 is 1.27 bits per heavy atom. The Bertz CT molecular complexity index is 3600. The number of hydrogen-bond donors (Lipinski definition) is 0. The van der Waals surface area contributed by atoms with Gasteiger partial charge >= 0.3 is 0 Å². The molecule has 2 nitrogen and oxygen atoms in total. The van der Waals surface area contributed by atoms with Crippen LogP contribution in [0.3, 0.4) is 0 Å². The number of anilines is 3. The van der Waals surface area contributed by atoms with Crippen molar-refractivity contribution >= 4 is 49.6 Å². The molecule has 2 heteroatoms. The van der Waals surface area contributed by atoms with Gasteiger partial charge in [-0.3, -0.25) is 0 Å². The first-order valence-electron chi connectivity index (χ1n) is 22.7. The molecule has 0 unspecified atom stereocenters. The molecular formula is C64H44N2. The molecule has 12 rings (SSSR count). The summed E-state index contributed by atoms with van der Waals surface area (Å²) in [5.41, 5.74) is 18.8. The zero-order chi connectivity index (χ0) is 43.8. The smallest absolute Gasteiger partial charge is 0.0541 e. The van der Waals surface area contributed by atoms with E-state index in [0.29, 0.717) is 0 Å². The zero-order valence-corrected chi connectivity index (χ0v) is 36.3. The second-order valence-corrected chi connectivity index (χ2v) is 16.9. The van der Waals surface area contributed by atoms with Crippen LogP contribution in [0, 0.1) is 0 Å². The fourth-order valence-corrected chi connectivity index (χ4v) is 9.76. The number of hydrogen-bond acceptors (Lipinski definition) is 1. The van der Waals surface area contributed by atoms with E-state index in [1.54, 1.807) is 0 Å². The summed E-state index contributed by atoms with van der Waals surface area (Å²) in [6.45, 7) is 0. The maximum Gasteiger partial charge on any atom is 0.0541 e. The van der Waals surface area contributed by atoms with Gasteiger partial charge in [0.1, 0.15) is 0 Å². The van der Waals surface area contributed by atoms with E-state index in [1.807, 2.05) is 0 Å². The van der Waals surface area contributed by atoms with Crippen LogP contribution in [0.2, 0.25) is 0 Å². The summed E-state index contributed by atoms with van der Waals surface area (Å²) in [6.07, 6.45) is 0. The molecule has 0 aliphatic carbocycles. The van der Waals surface area contributed by atoms with Gasteiger partial charge in [-0.2, -0.15) is 0 Å². The first-order chi connectivity index (χ1) is 32.7. The largest absolute Gasteiger partial charge is 0.310 e. The summed E-state index contributed by atoms with van der Waals surface area (Å²) in [6, 6.07) is 96.7. The van der Waals surface area contributed by atoms with Crippen LogP contribution in [0.5, 0.6) is 0 Å². The molecule has 12 aromatic rings. The van der Waals surface area contributed by atoms with Gasteiger partial charge in [0.2, 0.25) is 0 Å². The first-order valence-corrected chi connectivity index (χ1v) is 22.7. The Morgan fingerprint density at radius 2 is 0.652 bits per heavy atom. The van der Waals surface area contributed by atoms with Gasteiger partial charge in [-0.15, -0.1) is 0 Å². The number of rotatable bonds is 9. The van der Waals surface area contributed by atoms with Gasteiger partial charge in [0.15, 0.2) is 0 Å². The van der Waals surface area contributed by atoms with Gasteiger partial charge in [0, 0.05) is 33.4 Å². The summed E-state index contributed by atoms with van der Waals surface area (Å²) in [4.78, 5) is 2.36. The third kappa shape index (κ3) is 7.12. The van der Waals surface area contributed by atoms with Crippen molar-refractivity contribution in [2.75, 3.05) is 4.90 Å². The highest BCUT2D eigenvalue weighted by Crippen LogP contribution is 2.40. The molecule has 0 atom stereocenters. The summed E-state index contributed by atoms with van der Waals surface area (Å²) in [5, 5.41) is 5.06. The Hall–Kier alpha value is -8.72. The molecule has 0 radical (unpaired) electrons. The lowest BCUT2D eigenvalue weighted by atomic mass is 9.96. The maximum absolute atomic E-state index is 2.41. The molecule has 0 aliphatic rings. The minimum Gasteiger partial charge on any atom is -0.310 e. The molecule has 0 spiro atoms. The lowest BCUT2D eigenvalue weighted by Gasteiger charge is -2.26. The highest BCUT2D eigenvalue weighted by atomic mass is 15.1. The number of nitrogens with zero attached hydrogens (tertiary/aromatic N) is 2. The predicted molar refractivity (Wildman–Crippen MR) is 280 cm³/mol. The van der Waals surface area contributed by atoms with Gasteiger partial charge in [0.25, 0.3) is 0 Å². The van der Waals surface area contributed by atoms with Gasteiger partial charge in [0.05, 0.1) is 16.7 Å². The molecule has 1 aromatic heterocycles. The van der Waals surface area contributed by atoms with Gasteiger partial charge in [-0.1, -0.05) is 212 Å². The fraction of sp³-hybridized carbons (Fsp3) is 0. The maximum atomic E-state index is 2.41. The van der Waals surface area contributed by atoms with Crippen molar-refractivity contribution < 1.29 is 0 Å². The van der Waals surface area contributed by atoms with E-state index in [1.165, 1.54) is 93.9 Å². The minimum absolute atomic E-state index is 1.09. The monoisotopic (exact) mass is 840 g/mol. The first kappa shape index (κ1) is 38.9. The molecule has 1 heterocycles. The van der Waals surface area contributed by atoms with Crippen molar-refractivity contribution in [1.29, 1.82) is 0 Å². The van der Waals surface area contributed by atoms with Crippen molar-refractivity contribution in [2.24, 2.45) is 0 Å². The van der Waals surface area contributed by atoms with Crippen LogP contribution in [-0.4, -0.2) is 4.57 Å². The van der Waals surface area contributed by atoms with Gasteiger partial charge in [-0.25, -0.2) is 0 Å². The van der Waals surface area contributed by atoms with E-state index >= 15 is 0 Å². The third-order valence-electron chi connectivity index (χ3n) is 13.0. The number of aromatic nitrogens is 1. The van der Waals surface area contributed by atoms with Crippen molar-refractivity contribution in [3.8, 4) is 61.3 Å². The summed E-state index contributed by atoms with van der Waals surface area (Å²) in [7, 11) is 0. The number of fused-ring (bicyclic) bond motifs is 4. The average molecular weight is 841 g/mol. The molecule has 11 aromatic carbocycles. The number of benzene rings is 11. The van der Waals surface area contributed by atoms with E-state index in [9.17, 15) is 0 Å². The molecule has 0 fully saturated rings. The molecule has 66 heavy (non-hydrogen) atoms. The van der Waals surface area contributed by atoms with Crippen molar-refractivity contribution in [1.82, 2.24) is 4.57 Å². The van der Waals surface area contributed by atoms with E-state index in [0.717, 1.165) is 17.1 Å². The van der Waals surface area contributed by atoms with E-state index in [2.05, 4.69) is 276 Å². The summed E-state index contributed by atoms with van der Waals surface area (Å²) < 4.78 is 2.41. The van der Waals surface area contributed by atoms with Crippen LogP contribution < -0.4 is 4.90 Å². The lowest BCUT2D eigenvalue weighted by molar-refractivity contribution is 1.18. The quantitative estimate of drug-likeness (QED) is 0.141. The normalized spacial score (nSPS) is 11.3. The summed E-state index contributed by atoms with van der Waals surface area (Å²) in [5.74, 6) is 0. The second-order valence-electron chi connectivity index (χ2n) is 16.9. The lowest BCUT2D eigenvalue weighted by Crippen LogP contribution is -2.10. The SMILES string of the molecule is c1ccc(-c2cccc(N(c3ccc(-c4ccc(-c5ccccc5-n5c6ccccc6c6ccccc65)cc4)cc3)c3ccc(-c4ccc(-c5cccc6ccccc56)cc4)cc3)c2)cc1. The molecule has 0 saturated carbocycles. The highest BCUT2D eigenvalue weighted by Gasteiger charge is 2.17. The van der Waals surface area contributed by atoms with Crippen LogP contribution in [-0.2, 0) is 0 Å². The zero-order valence-electron chi connectivity index (χ0n) is 36.3. The van der Waals surface area contributed by atoms with E-state index in [-0.39, 0.29) is 0 Å². The number of para-hydroxylation sites is 3. The Labute approximate surface area is 385 Å². The van der Waals surface area contributed by atoms with E-state index < -0.39 is 0 Å². The molecule has 0 aliphatic heterocycles. The van der Waals surface area contributed by atoms with Gasteiger partial charge < -0.3 is 9.47 Å².